The molecule has 0 aliphatic carbocycles. The summed E-state index contributed by atoms with van der Waals surface area (Å²) in [5.41, 5.74) is 2.81. The number of carbonyl (C=O) groups excluding carboxylic acids is 2. The topological polar surface area (TPSA) is 68.4 Å². The number of aromatic nitrogens is 1. The summed E-state index contributed by atoms with van der Waals surface area (Å²) in [4.78, 5) is 32.2. The lowest BCUT2D eigenvalue weighted by Gasteiger charge is -2.34. The SMILES string of the molecule is O=C(NCCCC(=O)N1CCN(Cc2ccccc2)CC1)c1cc2ccccc2[nH]1. The van der Waals surface area contributed by atoms with Crippen molar-refractivity contribution in [2.24, 2.45) is 0 Å². The van der Waals surface area contributed by atoms with E-state index in [0.29, 0.717) is 25.1 Å². The van der Waals surface area contributed by atoms with E-state index in [1.165, 1.54) is 5.56 Å². The van der Waals surface area contributed by atoms with Crippen LogP contribution in [-0.2, 0) is 11.3 Å². The molecular weight excluding hydrogens is 376 g/mol. The summed E-state index contributed by atoms with van der Waals surface area (Å²) >= 11 is 0. The van der Waals surface area contributed by atoms with Crippen LogP contribution in [0.5, 0.6) is 0 Å². The van der Waals surface area contributed by atoms with Crippen LogP contribution < -0.4 is 5.32 Å². The number of nitrogens with zero attached hydrogens (tertiary/aromatic N) is 2. The van der Waals surface area contributed by atoms with E-state index in [1.807, 2.05) is 41.3 Å². The van der Waals surface area contributed by atoms with Crippen molar-refractivity contribution in [3.63, 3.8) is 0 Å². The monoisotopic (exact) mass is 404 g/mol. The number of rotatable bonds is 7. The van der Waals surface area contributed by atoms with Crippen LogP contribution in [0.1, 0.15) is 28.9 Å². The molecule has 1 aromatic heterocycles. The fraction of sp³-hybridized carbons (Fsp3) is 0.333. The molecule has 0 atom stereocenters. The van der Waals surface area contributed by atoms with Gasteiger partial charge < -0.3 is 15.2 Å². The Bertz CT molecular complexity index is 958. The quantitative estimate of drug-likeness (QED) is 0.595. The normalized spacial score (nSPS) is 14.7. The molecule has 6 nitrogen and oxygen atoms in total. The molecule has 30 heavy (non-hydrogen) atoms. The number of H-pyrrole nitrogens is 1. The molecule has 1 aliphatic heterocycles. The molecule has 2 aromatic carbocycles. The van der Waals surface area contributed by atoms with E-state index in [1.54, 1.807) is 0 Å². The number of aromatic amines is 1. The zero-order valence-corrected chi connectivity index (χ0v) is 17.1. The summed E-state index contributed by atoms with van der Waals surface area (Å²) < 4.78 is 0. The number of benzene rings is 2. The van der Waals surface area contributed by atoms with Gasteiger partial charge in [-0.05, 0) is 24.1 Å². The van der Waals surface area contributed by atoms with Crippen molar-refractivity contribution in [2.45, 2.75) is 19.4 Å². The highest BCUT2D eigenvalue weighted by Crippen LogP contribution is 2.14. The molecule has 0 saturated carbocycles. The number of para-hydroxylation sites is 1. The van der Waals surface area contributed by atoms with Crippen LogP contribution in [0.3, 0.4) is 0 Å². The van der Waals surface area contributed by atoms with Gasteiger partial charge in [0.1, 0.15) is 5.69 Å². The molecule has 0 bridgehead atoms. The van der Waals surface area contributed by atoms with Gasteiger partial charge in [-0.15, -0.1) is 0 Å². The van der Waals surface area contributed by atoms with Crippen LogP contribution in [0.15, 0.2) is 60.7 Å². The maximum absolute atomic E-state index is 12.5. The summed E-state index contributed by atoms with van der Waals surface area (Å²) in [5, 5.41) is 3.92. The third-order valence-electron chi connectivity index (χ3n) is 5.60. The first-order valence-corrected chi connectivity index (χ1v) is 10.6. The minimum Gasteiger partial charge on any atom is -0.351 e. The molecule has 4 rings (SSSR count). The van der Waals surface area contributed by atoms with E-state index in [-0.39, 0.29) is 11.8 Å². The van der Waals surface area contributed by atoms with Crippen LogP contribution in [0.4, 0.5) is 0 Å². The van der Waals surface area contributed by atoms with E-state index >= 15 is 0 Å². The fourth-order valence-electron chi connectivity index (χ4n) is 3.89. The van der Waals surface area contributed by atoms with Crippen molar-refractivity contribution in [3.8, 4) is 0 Å². The Morgan fingerprint density at radius 1 is 0.933 bits per heavy atom. The predicted molar refractivity (Wildman–Crippen MR) is 118 cm³/mol. The van der Waals surface area contributed by atoms with Gasteiger partial charge in [-0.1, -0.05) is 48.5 Å². The first kappa shape index (κ1) is 20.2. The molecule has 2 amide bonds. The van der Waals surface area contributed by atoms with Gasteiger partial charge >= 0.3 is 0 Å². The highest BCUT2D eigenvalue weighted by Gasteiger charge is 2.20. The summed E-state index contributed by atoms with van der Waals surface area (Å²) in [7, 11) is 0. The lowest BCUT2D eigenvalue weighted by atomic mass is 10.2. The minimum atomic E-state index is -0.131. The second kappa shape index (κ2) is 9.59. The number of amides is 2. The van der Waals surface area contributed by atoms with Crippen molar-refractivity contribution < 1.29 is 9.59 Å². The van der Waals surface area contributed by atoms with Crippen molar-refractivity contribution in [2.75, 3.05) is 32.7 Å². The van der Waals surface area contributed by atoms with Gasteiger partial charge in [0.25, 0.3) is 5.91 Å². The number of hydrogen-bond acceptors (Lipinski definition) is 3. The van der Waals surface area contributed by atoms with Crippen molar-refractivity contribution in [1.29, 1.82) is 0 Å². The smallest absolute Gasteiger partial charge is 0.267 e. The Balaban J connectivity index is 1.15. The van der Waals surface area contributed by atoms with E-state index < -0.39 is 0 Å². The second-order valence-corrected chi connectivity index (χ2v) is 7.77. The molecule has 156 valence electrons. The molecule has 0 radical (unpaired) electrons. The third-order valence-corrected chi connectivity index (χ3v) is 5.60. The van der Waals surface area contributed by atoms with E-state index in [0.717, 1.165) is 43.6 Å². The van der Waals surface area contributed by atoms with Gasteiger partial charge in [-0.25, -0.2) is 0 Å². The summed E-state index contributed by atoms with van der Waals surface area (Å²) in [6, 6.07) is 20.1. The van der Waals surface area contributed by atoms with Gasteiger partial charge in [-0.3, -0.25) is 14.5 Å². The van der Waals surface area contributed by atoms with Gasteiger partial charge in [0, 0.05) is 56.6 Å². The van der Waals surface area contributed by atoms with Crippen LogP contribution in [-0.4, -0.2) is 59.3 Å². The molecule has 2 N–H and O–H groups in total. The standard InChI is InChI=1S/C24H28N4O2/c29-23(28-15-13-27(14-16-28)18-19-7-2-1-3-8-19)11-6-12-25-24(30)22-17-20-9-4-5-10-21(20)26-22/h1-5,7-10,17,26H,6,11-16,18H2,(H,25,30). The first-order valence-electron chi connectivity index (χ1n) is 10.6. The Labute approximate surface area is 176 Å². The molecular formula is C24H28N4O2. The van der Waals surface area contributed by atoms with Gasteiger partial charge in [-0.2, -0.15) is 0 Å². The van der Waals surface area contributed by atoms with Crippen LogP contribution >= 0.6 is 0 Å². The Kier molecular flexibility index (Phi) is 6.44. The molecule has 1 saturated heterocycles. The summed E-state index contributed by atoms with van der Waals surface area (Å²) in [5.74, 6) is 0.0439. The van der Waals surface area contributed by atoms with Gasteiger partial charge in [0.05, 0.1) is 0 Å². The summed E-state index contributed by atoms with van der Waals surface area (Å²) in [6.07, 6.45) is 1.11. The predicted octanol–water partition coefficient (Wildman–Crippen LogP) is 3.02. The van der Waals surface area contributed by atoms with Crippen LogP contribution in [0, 0.1) is 0 Å². The van der Waals surface area contributed by atoms with Gasteiger partial charge in [0.2, 0.25) is 5.91 Å². The van der Waals surface area contributed by atoms with E-state index in [2.05, 4.69) is 39.5 Å². The molecule has 2 heterocycles. The lowest BCUT2D eigenvalue weighted by molar-refractivity contribution is -0.133. The highest BCUT2D eigenvalue weighted by atomic mass is 16.2. The number of carbonyl (C=O) groups is 2. The average Bonchev–Trinajstić information content (AvgIpc) is 3.22. The summed E-state index contributed by atoms with van der Waals surface area (Å²) in [6.45, 7) is 4.77. The Morgan fingerprint density at radius 3 is 2.43 bits per heavy atom. The van der Waals surface area contributed by atoms with E-state index in [9.17, 15) is 9.59 Å². The fourth-order valence-corrected chi connectivity index (χ4v) is 3.89. The van der Waals surface area contributed by atoms with Crippen molar-refractivity contribution in [3.05, 3.63) is 71.9 Å². The highest BCUT2D eigenvalue weighted by molar-refractivity contribution is 5.97. The number of hydrogen-bond donors (Lipinski definition) is 2. The molecule has 0 unspecified atom stereocenters. The largest absolute Gasteiger partial charge is 0.351 e. The molecule has 3 aromatic rings. The van der Waals surface area contributed by atoms with Crippen molar-refractivity contribution in [1.82, 2.24) is 20.1 Å². The van der Waals surface area contributed by atoms with E-state index in [4.69, 9.17) is 0 Å². The molecule has 1 fully saturated rings. The van der Waals surface area contributed by atoms with Crippen LogP contribution in [0.25, 0.3) is 10.9 Å². The zero-order chi connectivity index (χ0) is 20.8. The molecule has 6 heteroatoms. The minimum absolute atomic E-state index is 0.131. The van der Waals surface area contributed by atoms with Crippen molar-refractivity contribution >= 4 is 22.7 Å². The number of fused-ring (bicyclic) bond motifs is 1. The maximum Gasteiger partial charge on any atom is 0.267 e. The molecule has 1 aliphatic rings. The van der Waals surface area contributed by atoms with Gasteiger partial charge in [0.15, 0.2) is 0 Å². The van der Waals surface area contributed by atoms with Crippen LogP contribution in [0.2, 0.25) is 0 Å². The first-order chi connectivity index (χ1) is 14.7. The lowest BCUT2D eigenvalue weighted by Crippen LogP contribution is -2.48. The Hall–Kier alpha value is -3.12. The number of piperazine rings is 1. The maximum atomic E-state index is 12.5. The molecule has 0 spiro atoms. The second-order valence-electron chi connectivity index (χ2n) is 7.77. The average molecular weight is 405 g/mol. The third kappa shape index (κ3) is 5.07. The zero-order valence-electron chi connectivity index (χ0n) is 17.1. The Morgan fingerprint density at radius 2 is 1.67 bits per heavy atom. The number of nitrogens with one attached hydrogen (secondary N) is 2.